The van der Waals surface area contributed by atoms with Crippen molar-refractivity contribution in [2.75, 3.05) is 10.2 Å². The van der Waals surface area contributed by atoms with Gasteiger partial charge in [0.25, 0.3) is 0 Å². The van der Waals surface area contributed by atoms with Gasteiger partial charge in [0.1, 0.15) is 5.65 Å². The number of aryl methyl sites for hydroxylation is 2. The van der Waals surface area contributed by atoms with Crippen LogP contribution in [-0.4, -0.2) is 15.4 Å². The van der Waals surface area contributed by atoms with E-state index >= 15 is 0 Å². The molecule has 5 heteroatoms. The fraction of sp³-hybridized carbons (Fsp3) is 0.130. The standard InChI is InChI=1S/C23H22N4O/c1-17-11-12-19(14-18(17)2)25-23(28)27(20-8-4-3-5-9-20)16-21-15-24-22-10-6-7-13-26(21)22/h3-15H,16H2,1-2H3,(H,25,28). The largest absolute Gasteiger partial charge is 0.326 e. The number of imidazole rings is 1. The fourth-order valence-corrected chi connectivity index (χ4v) is 3.16. The Morgan fingerprint density at radius 2 is 1.79 bits per heavy atom. The number of amides is 2. The molecule has 4 rings (SSSR count). The number of benzene rings is 2. The molecule has 0 fully saturated rings. The molecule has 0 aliphatic rings. The van der Waals surface area contributed by atoms with Crippen molar-refractivity contribution in [1.82, 2.24) is 9.38 Å². The number of carbonyl (C=O) groups is 1. The molecule has 0 bridgehead atoms. The van der Waals surface area contributed by atoms with E-state index in [0.717, 1.165) is 28.3 Å². The first-order valence-electron chi connectivity index (χ1n) is 9.23. The van der Waals surface area contributed by atoms with Crippen LogP contribution in [0.25, 0.3) is 5.65 Å². The Balaban J connectivity index is 1.65. The van der Waals surface area contributed by atoms with Crippen molar-refractivity contribution in [3.05, 3.63) is 95.9 Å². The lowest BCUT2D eigenvalue weighted by atomic mass is 10.1. The van der Waals surface area contributed by atoms with Crippen LogP contribution in [0.5, 0.6) is 0 Å². The van der Waals surface area contributed by atoms with Crippen LogP contribution >= 0.6 is 0 Å². The highest BCUT2D eigenvalue weighted by molar-refractivity contribution is 6.01. The highest BCUT2D eigenvalue weighted by Crippen LogP contribution is 2.21. The quantitative estimate of drug-likeness (QED) is 0.537. The predicted octanol–water partition coefficient (Wildman–Crippen LogP) is 5.19. The van der Waals surface area contributed by atoms with E-state index in [1.165, 1.54) is 5.56 Å². The molecule has 0 aliphatic carbocycles. The van der Waals surface area contributed by atoms with Crippen molar-refractivity contribution in [3.8, 4) is 0 Å². The zero-order valence-electron chi connectivity index (χ0n) is 16.0. The highest BCUT2D eigenvalue weighted by atomic mass is 16.2. The summed E-state index contributed by atoms with van der Waals surface area (Å²) in [4.78, 5) is 19.3. The van der Waals surface area contributed by atoms with Crippen molar-refractivity contribution >= 4 is 23.1 Å². The number of nitrogens with one attached hydrogen (secondary N) is 1. The van der Waals surface area contributed by atoms with Gasteiger partial charge in [-0.25, -0.2) is 9.78 Å². The molecule has 28 heavy (non-hydrogen) atoms. The molecule has 140 valence electrons. The second kappa shape index (κ2) is 7.56. The molecule has 0 radical (unpaired) electrons. The Labute approximate surface area is 164 Å². The number of rotatable bonds is 4. The number of fused-ring (bicyclic) bond motifs is 1. The van der Waals surface area contributed by atoms with Crippen LogP contribution < -0.4 is 10.2 Å². The molecule has 2 aromatic carbocycles. The van der Waals surface area contributed by atoms with Gasteiger partial charge in [-0.2, -0.15) is 0 Å². The van der Waals surface area contributed by atoms with Crippen molar-refractivity contribution < 1.29 is 4.79 Å². The number of urea groups is 1. The van der Waals surface area contributed by atoms with Gasteiger partial charge in [0.05, 0.1) is 18.4 Å². The number of nitrogens with zero attached hydrogens (tertiary/aromatic N) is 3. The maximum absolute atomic E-state index is 13.2. The monoisotopic (exact) mass is 370 g/mol. The lowest BCUT2D eigenvalue weighted by Gasteiger charge is -2.23. The molecule has 2 heterocycles. The third-order valence-electron chi connectivity index (χ3n) is 4.88. The number of aromatic nitrogens is 2. The van der Waals surface area contributed by atoms with Gasteiger partial charge in [0.15, 0.2) is 0 Å². The van der Waals surface area contributed by atoms with Gasteiger partial charge in [-0.05, 0) is 61.4 Å². The van der Waals surface area contributed by atoms with Gasteiger partial charge >= 0.3 is 6.03 Å². The first-order valence-corrected chi connectivity index (χ1v) is 9.23. The van der Waals surface area contributed by atoms with Crippen LogP contribution in [0.4, 0.5) is 16.2 Å². The minimum Gasteiger partial charge on any atom is -0.308 e. The Hall–Kier alpha value is -3.60. The topological polar surface area (TPSA) is 49.6 Å². The van der Waals surface area contributed by atoms with E-state index in [1.807, 2.05) is 90.4 Å². The number of hydrogen-bond donors (Lipinski definition) is 1. The van der Waals surface area contributed by atoms with Crippen LogP contribution in [-0.2, 0) is 6.54 Å². The van der Waals surface area contributed by atoms with Crippen LogP contribution in [0.1, 0.15) is 16.8 Å². The fourth-order valence-electron chi connectivity index (χ4n) is 3.16. The minimum absolute atomic E-state index is 0.180. The zero-order chi connectivity index (χ0) is 19.5. The van der Waals surface area contributed by atoms with E-state index in [0.29, 0.717) is 6.54 Å². The van der Waals surface area contributed by atoms with E-state index in [9.17, 15) is 4.79 Å². The summed E-state index contributed by atoms with van der Waals surface area (Å²) < 4.78 is 2.00. The van der Waals surface area contributed by atoms with Crippen molar-refractivity contribution in [3.63, 3.8) is 0 Å². The third-order valence-corrected chi connectivity index (χ3v) is 4.88. The molecule has 0 atom stereocenters. The van der Waals surface area contributed by atoms with Crippen molar-refractivity contribution in [2.45, 2.75) is 20.4 Å². The molecular formula is C23H22N4O. The molecule has 5 nitrogen and oxygen atoms in total. The molecule has 0 spiro atoms. The summed E-state index contributed by atoms with van der Waals surface area (Å²) in [5, 5.41) is 3.03. The van der Waals surface area contributed by atoms with Crippen LogP contribution in [0.2, 0.25) is 0 Å². The molecule has 4 aromatic rings. The van der Waals surface area contributed by atoms with Gasteiger partial charge in [0.2, 0.25) is 0 Å². The van der Waals surface area contributed by atoms with Gasteiger partial charge in [-0.3, -0.25) is 4.90 Å². The van der Waals surface area contributed by atoms with E-state index in [2.05, 4.69) is 17.2 Å². The smallest absolute Gasteiger partial charge is 0.308 e. The van der Waals surface area contributed by atoms with Crippen LogP contribution in [0.15, 0.2) is 79.1 Å². The summed E-state index contributed by atoms with van der Waals surface area (Å²) >= 11 is 0. The first-order chi connectivity index (χ1) is 13.6. The number of para-hydroxylation sites is 1. The average molecular weight is 370 g/mol. The Morgan fingerprint density at radius 1 is 1.00 bits per heavy atom. The third kappa shape index (κ3) is 3.60. The first kappa shape index (κ1) is 17.8. The lowest BCUT2D eigenvalue weighted by molar-refractivity contribution is 0.256. The molecule has 0 saturated carbocycles. The van der Waals surface area contributed by atoms with E-state index in [4.69, 9.17) is 0 Å². The predicted molar refractivity (Wildman–Crippen MR) is 113 cm³/mol. The van der Waals surface area contributed by atoms with Gasteiger partial charge in [0, 0.05) is 17.6 Å². The Kier molecular flexibility index (Phi) is 4.81. The number of pyridine rings is 1. The Morgan fingerprint density at radius 3 is 2.57 bits per heavy atom. The molecule has 2 aromatic heterocycles. The van der Waals surface area contributed by atoms with Crippen LogP contribution in [0.3, 0.4) is 0 Å². The van der Waals surface area contributed by atoms with Crippen molar-refractivity contribution in [2.24, 2.45) is 0 Å². The molecule has 2 amide bonds. The molecule has 1 N–H and O–H groups in total. The van der Waals surface area contributed by atoms with E-state index in [-0.39, 0.29) is 6.03 Å². The summed E-state index contributed by atoms with van der Waals surface area (Å²) in [6, 6.07) is 21.3. The summed E-state index contributed by atoms with van der Waals surface area (Å²) in [6.07, 6.45) is 3.77. The Bertz CT molecular complexity index is 1120. The highest BCUT2D eigenvalue weighted by Gasteiger charge is 2.18. The van der Waals surface area contributed by atoms with Crippen LogP contribution in [0, 0.1) is 13.8 Å². The second-order valence-electron chi connectivity index (χ2n) is 6.83. The maximum atomic E-state index is 13.2. The minimum atomic E-state index is -0.180. The summed E-state index contributed by atoms with van der Waals surface area (Å²) in [5.74, 6) is 0. The number of anilines is 2. The van der Waals surface area contributed by atoms with E-state index < -0.39 is 0 Å². The summed E-state index contributed by atoms with van der Waals surface area (Å²) in [5.41, 5.74) is 5.76. The molecule has 0 aliphatic heterocycles. The second-order valence-corrected chi connectivity index (χ2v) is 6.83. The molecule has 0 unspecified atom stereocenters. The van der Waals surface area contributed by atoms with Crippen molar-refractivity contribution in [1.29, 1.82) is 0 Å². The zero-order valence-corrected chi connectivity index (χ0v) is 16.0. The molecular weight excluding hydrogens is 348 g/mol. The SMILES string of the molecule is Cc1ccc(NC(=O)N(Cc2cnc3ccccn23)c2ccccc2)cc1C. The lowest BCUT2D eigenvalue weighted by Crippen LogP contribution is -2.34. The molecule has 0 saturated heterocycles. The van der Waals surface area contributed by atoms with Gasteiger partial charge < -0.3 is 9.72 Å². The number of carbonyl (C=O) groups excluding carboxylic acids is 1. The summed E-state index contributed by atoms with van der Waals surface area (Å²) in [7, 11) is 0. The summed E-state index contributed by atoms with van der Waals surface area (Å²) in [6.45, 7) is 4.51. The van der Waals surface area contributed by atoms with Gasteiger partial charge in [-0.1, -0.05) is 30.3 Å². The number of hydrogen-bond acceptors (Lipinski definition) is 2. The van der Waals surface area contributed by atoms with E-state index in [1.54, 1.807) is 4.90 Å². The van der Waals surface area contributed by atoms with Gasteiger partial charge in [-0.15, -0.1) is 0 Å². The normalized spacial score (nSPS) is 10.8. The average Bonchev–Trinajstić information content (AvgIpc) is 3.12. The maximum Gasteiger partial charge on any atom is 0.326 e.